The van der Waals surface area contributed by atoms with Crippen LogP contribution < -0.4 is 19.1 Å². The van der Waals surface area contributed by atoms with Crippen molar-refractivity contribution < 1.29 is 28.9 Å². The standard InChI is InChI=1S/C27H22ClN3O6S3/c1-35-17-11-15(12-18(36-2)24(17)37-3)21-20(22(32)19-9-6-10-38-19)23(33)25(34)31(21)26-29-30-27(40-26)39-13-14-7-4-5-8-16(14)28/h4-12,21,33H,13H2,1-3H3. The molecule has 0 aliphatic carbocycles. The summed E-state index contributed by atoms with van der Waals surface area (Å²) < 4.78 is 17.1. The van der Waals surface area contributed by atoms with Gasteiger partial charge in [-0.1, -0.05) is 59.0 Å². The van der Waals surface area contributed by atoms with E-state index in [4.69, 9.17) is 25.8 Å². The molecule has 1 atom stereocenters. The molecule has 1 unspecified atom stereocenters. The van der Waals surface area contributed by atoms with E-state index in [0.717, 1.165) is 5.56 Å². The highest BCUT2D eigenvalue weighted by molar-refractivity contribution is 8.00. The number of rotatable bonds is 10. The maximum Gasteiger partial charge on any atom is 0.296 e. The van der Waals surface area contributed by atoms with Crippen LogP contribution in [0.25, 0.3) is 0 Å². The topological polar surface area (TPSA) is 111 Å². The van der Waals surface area contributed by atoms with Gasteiger partial charge >= 0.3 is 0 Å². The third-order valence-corrected chi connectivity index (χ3v) is 9.45. The Bertz CT molecular complexity index is 1580. The minimum Gasteiger partial charge on any atom is -0.503 e. The van der Waals surface area contributed by atoms with Crippen LogP contribution in [0.1, 0.15) is 26.8 Å². The third kappa shape index (κ3) is 5.15. The monoisotopic (exact) mass is 615 g/mol. The number of Topliss-reactive ketones (excluding diaryl/α,β-unsaturated/α-hetero) is 1. The molecule has 0 spiro atoms. The molecule has 13 heteroatoms. The molecular weight excluding hydrogens is 594 g/mol. The first kappa shape index (κ1) is 28.0. The van der Waals surface area contributed by atoms with Crippen LogP contribution in [0, 0.1) is 0 Å². The predicted octanol–water partition coefficient (Wildman–Crippen LogP) is 6.35. The molecule has 0 radical (unpaired) electrons. The third-order valence-electron chi connectivity index (χ3n) is 6.11. The summed E-state index contributed by atoms with van der Waals surface area (Å²) >= 11 is 10.1. The summed E-state index contributed by atoms with van der Waals surface area (Å²) in [6.07, 6.45) is 0. The van der Waals surface area contributed by atoms with E-state index in [0.29, 0.717) is 42.8 Å². The molecule has 4 aromatic rings. The number of carbonyl (C=O) groups excluding carboxylic acids is 2. The number of anilines is 1. The maximum atomic E-state index is 13.6. The van der Waals surface area contributed by atoms with Crippen LogP contribution in [0.5, 0.6) is 17.2 Å². The van der Waals surface area contributed by atoms with Gasteiger partial charge in [0.05, 0.1) is 37.8 Å². The van der Waals surface area contributed by atoms with Gasteiger partial charge < -0.3 is 19.3 Å². The summed E-state index contributed by atoms with van der Waals surface area (Å²) in [7, 11) is 4.42. The Hall–Kier alpha value is -3.58. The lowest BCUT2D eigenvalue weighted by Gasteiger charge is -2.25. The van der Waals surface area contributed by atoms with Crippen molar-refractivity contribution in [1.29, 1.82) is 0 Å². The molecule has 40 heavy (non-hydrogen) atoms. The second-order valence-electron chi connectivity index (χ2n) is 8.34. The number of aromatic nitrogens is 2. The van der Waals surface area contributed by atoms with Crippen molar-refractivity contribution in [3.63, 3.8) is 0 Å². The van der Waals surface area contributed by atoms with Gasteiger partial charge in [-0.2, -0.15) is 0 Å². The Morgan fingerprint density at radius 2 is 1.80 bits per heavy atom. The fourth-order valence-electron chi connectivity index (χ4n) is 4.26. The van der Waals surface area contributed by atoms with Gasteiger partial charge in [0.1, 0.15) is 0 Å². The van der Waals surface area contributed by atoms with E-state index < -0.39 is 23.5 Å². The van der Waals surface area contributed by atoms with Crippen LogP contribution >= 0.6 is 46.0 Å². The lowest BCUT2D eigenvalue weighted by Crippen LogP contribution is -2.31. The minimum absolute atomic E-state index is 0.0813. The van der Waals surface area contributed by atoms with Crippen LogP contribution in [-0.2, 0) is 10.5 Å². The molecule has 1 N–H and O–H groups in total. The number of hydrogen-bond donors (Lipinski definition) is 1. The molecule has 5 rings (SSSR count). The molecule has 0 bridgehead atoms. The van der Waals surface area contributed by atoms with Gasteiger partial charge in [-0.25, -0.2) is 0 Å². The van der Waals surface area contributed by atoms with Crippen molar-refractivity contribution in [3.8, 4) is 17.2 Å². The first-order chi connectivity index (χ1) is 19.4. The molecule has 3 heterocycles. The van der Waals surface area contributed by atoms with E-state index >= 15 is 0 Å². The van der Waals surface area contributed by atoms with Crippen molar-refractivity contribution in [2.24, 2.45) is 0 Å². The molecule has 0 saturated carbocycles. The SMILES string of the molecule is COc1cc(C2C(C(=O)c3cccs3)=C(O)C(=O)N2c2nnc(SCc3ccccc3Cl)s2)cc(OC)c1OC. The lowest BCUT2D eigenvalue weighted by molar-refractivity contribution is -0.117. The zero-order valence-corrected chi connectivity index (χ0v) is 24.6. The second kappa shape index (κ2) is 11.9. The maximum absolute atomic E-state index is 13.6. The van der Waals surface area contributed by atoms with Crippen molar-refractivity contribution in [3.05, 3.63) is 86.3 Å². The number of aliphatic hydroxyl groups excluding tert-OH is 1. The molecule has 1 aliphatic rings. The minimum atomic E-state index is -1.04. The van der Waals surface area contributed by atoms with E-state index in [2.05, 4.69) is 10.2 Å². The molecule has 0 fully saturated rings. The van der Waals surface area contributed by atoms with Crippen LogP contribution in [0.15, 0.2) is 69.6 Å². The average molecular weight is 616 g/mol. The fraction of sp³-hybridized carbons (Fsp3) is 0.185. The highest BCUT2D eigenvalue weighted by Crippen LogP contribution is 2.48. The number of hydrogen-bond acceptors (Lipinski definition) is 11. The Morgan fingerprint density at radius 3 is 2.42 bits per heavy atom. The number of ketones is 1. The van der Waals surface area contributed by atoms with Crippen molar-refractivity contribution in [1.82, 2.24) is 10.2 Å². The molecule has 0 saturated heterocycles. The number of thiophene rings is 1. The number of benzene rings is 2. The predicted molar refractivity (Wildman–Crippen MR) is 156 cm³/mol. The van der Waals surface area contributed by atoms with Gasteiger partial charge in [0.25, 0.3) is 5.91 Å². The van der Waals surface area contributed by atoms with Crippen LogP contribution in [0.4, 0.5) is 5.13 Å². The summed E-state index contributed by atoms with van der Waals surface area (Å²) in [5, 5.41) is 22.2. The number of ether oxygens (including phenoxy) is 3. The number of amides is 1. The Kier molecular flexibility index (Phi) is 8.31. The quantitative estimate of drug-likeness (QED) is 0.124. The van der Waals surface area contributed by atoms with E-state index in [1.54, 1.807) is 29.6 Å². The highest BCUT2D eigenvalue weighted by Gasteiger charge is 2.47. The van der Waals surface area contributed by atoms with Gasteiger partial charge in [0.15, 0.2) is 21.6 Å². The number of nitrogens with zero attached hydrogens (tertiary/aromatic N) is 3. The van der Waals surface area contributed by atoms with Crippen LogP contribution in [0.2, 0.25) is 5.02 Å². The second-order valence-corrected chi connectivity index (χ2v) is 11.9. The van der Waals surface area contributed by atoms with E-state index in [-0.39, 0.29) is 10.7 Å². The zero-order valence-electron chi connectivity index (χ0n) is 21.4. The molecule has 206 valence electrons. The summed E-state index contributed by atoms with van der Waals surface area (Å²) in [4.78, 5) is 28.8. The van der Waals surface area contributed by atoms with E-state index in [9.17, 15) is 14.7 Å². The number of thioether (sulfide) groups is 1. The van der Waals surface area contributed by atoms with Crippen molar-refractivity contribution >= 4 is 62.9 Å². The molecule has 1 aliphatic heterocycles. The summed E-state index contributed by atoms with van der Waals surface area (Å²) in [5.41, 5.74) is 1.30. The molecule has 1 amide bonds. The van der Waals surface area contributed by atoms with Gasteiger partial charge in [-0.15, -0.1) is 21.5 Å². The Balaban J connectivity index is 1.57. The number of carbonyl (C=O) groups is 2. The van der Waals surface area contributed by atoms with Crippen LogP contribution in [-0.4, -0.2) is 48.3 Å². The lowest BCUT2D eigenvalue weighted by atomic mass is 9.95. The Morgan fingerprint density at radius 1 is 1.07 bits per heavy atom. The highest BCUT2D eigenvalue weighted by atomic mass is 35.5. The average Bonchev–Trinajstić information content (AvgIpc) is 3.72. The van der Waals surface area contributed by atoms with E-state index in [1.165, 1.54) is 60.7 Å². The Labute approximate surface area is 247 Å². The molecule has 2 aromatic heterocycles. The van der Waals surface area contributed by atoms with Crippen molar-refractivity contribution in [2.45, 2.75) is 16.1 Å². The fourth-order valence-corrected chi connectivity index (χ4v) is 7.09. The molecule has 2 aromatic carbocycles. The smallest absolute Gasteiger partial charge is 0.296 e. The first-order valence-electron chi connectivity index (χ1n) is 11.7. The number of methoxy groups -OCH3 is 3. The molecular formula is C27H22ClN3O6S3. The normalized spacial score (nSPS) is 15.1. The van der Waals surface area contributed by atoms with Gasteiger partial charge in [-0.3, -0.25) is 14.5 Å². The zero-order chi connectivity index (χ0) is 28.4. The summed E-state index contributed by atoms with van der Waals surface area (Å²) in [6.45, 7) is 0. The van der Waals surface area contributed by atoms with Gasteiger partial charge in [0.2, 0.25) is 16.7 Å². The van der Waals surface area contributed by atoms with Crippen LogP contribution in [0.3, 0.4) is 0 Å². The first-order valence-corrected chi connectivity index (χ1v) is 14.8. The summed E-state index contributed by atoms with van der Waals surface area (Å²) in [6, 6.07) is 13.1. The van der Waals surface area contributed by atoms with Gasteiger partial charge in [0, 0.05) is 10.8 Å². The molecule has 9 nitrogen and oxygen atoms in total. The van der Waals surface area contributed by atoms with Gasteiger partial charge in [-0.05, 0) is 40.8 Å². The van der Waals surface area contributed by atoms with E-state index in [1.807, 2.05) is 24.3 Å². The number of halogens is 1. The van der Waals surface area contributed by atoms with Crippen molar-refractivity contribution in [2.75, 3.05) is 26.2 Å². The number of aliphatic hydroxyl groups is 1. The summed E-state index contributed by atoms with van der Waals surface area (Å²) in [5.74, 6) is -0.351. The largest absolute Gasteiger partial charge is 0.503 e.